The first-order valence-corrected chi connectivity index (χ1v) is 25.4. The van der Waals surface area contributed by atoms with Gasteiger partial charge in [0.2, 0.25) is 0 Å². The molecule has 0 saturated carbocycles. The van der Waals surface area contributed by atoms with E-state index >= 15 is 0 Å². The van der Waals surface area contributed by atoms with Gasteiger partial charge in [-0.15, -0.1) is 0 Å². The zero-order valence-electron chi connectivity index (χ0n) is 40.6. The molecule has 2 aliphatic carbocycles. The summed E-state index contributed by atoms with van der Waals surface area (Å²) in [6.07, 6.45) is 0. The molecule has 11 aromatic carbocycles. The van der Waals surface area contributed by atoms with Crippen molar-refractivity contribution in [3.63, 3.8) is 0 Å². The second kappa shape index (κ2) is 15.7. The van der Waals surface area contributed by atoms with Gasteiger partial charge in [-0.1, -0.05) is 196 Å². The normalized spacial score (nSPS) is 15.4. The van der Waals surface area contributed by atoms with Crippen LogP contribution in [0.1, 0.15) is 47.2 Å². The molecule has 0 radical (unpaired) electrons. The maximum Gasteiger partial charge on any atom is 0.159 e. The molecule has 0 fully saturated rings. The first kappa shape index (κ1) is 41.6. The van der Waals surface area contributed by atoms with Crippen molar-refractivity contribution in [1.29, 1.82) is 0 Å². The van der Waals surface area contributed by atoms with Crippen molar-refractivity contribution in [2.75, 3.05) is 9.80 Å². The first-order valence-electron chi connectivity index (χ1n) is 25.4. The number of hydrogen-bond donors (Lipinski definition) is 0. The van der Waals surface area contributed by atoms with Gasteiger partial charge >= 0.3 is 0 Å². The number of furan rings is 1. The van der Waals surface area contributed by atoms with Crippen LogP contribution in [-0.4, -0.2) is 0 Å². The molecule has 3 aliphatic rings. The molecule has 1 unspecified atom stereocenters. The lowest BCUT2D eigenvalue weighted by Crippen LogP contribution is -2.35. The van der Waals surface area contributed by atoms with Gasteiger partial charge in [0.15, 0.2) is 5.58 Å². The summed E-state index contributed by atoms with van der Waals surface area (Å²) < 4.78 is 6.81. The number of hydrogen-bond acceptors (Lipinski definition) is 3. The molecule has 12 aromatic rings. The zero-order valence-corrected chi connectivity index (χ0v) is 40.6. The summed E-state index contributed by atoms with van der Waals surface area (Å²) >= 11 is 0. The Morgan fingerprint density at radius 2 is 0.986 bits per heavy atom. The molecule has 1 aliphatic heterocycles. The Bertz CT molecular complexity index is 4170. The number of para-hydroxylation sites is 4. The zero-order chi connectivity index (χ0) is 48.4. The van der Waals surface area contributed by atoms with E-state index in [4.69, 9.17) is 4.42 Å². The van der Waals surface area contributed by atoms with Crippen LogP contribution < -0.4 is 9.80 Å². The summed E-state index contributed by atoms with van der Waals surface area (Å²) in [6, 6.07) is 94.1. The van der Waals surface area contributed by atoms with Gasteiger partial charge in [0.1, 0.15) is 5.58 Å². The van der Waals surface area contributed by atoms with Crippen molar-refractivity contribution in [1.82, 2.24) is 0 Å². The second-order valence-electron chi connectivity index (χ2n) is 20.3. The molecule has 73 heavy (non-hydrogen) atoms. The molecule has 1 aromatic heterocycles. The molecule has 1 atom stereocenters. The van der Waals surface area contributed by atoms with Crippen LogP contribution in [0.15, 0.2) is 259 Å². The Morgan fingerprint density at radius 3 is 1.81 bits per heavy atom. The van der Waals surface area contributed by atoms with Gasteiger partial charge in [0.25, 0.3) is 0 Å². The molecule has 0 bridgehead atoms. The number of fused-ring (bicyclic) bond motifs is 11. The van der Waals surface area contributed by atoms with Crippen LogP contribution in [0, 0.1) is 0 Å². The number of anilines is 6. The summed E-state index contributed by atoms with van der Waals surface area (Å²) in [5.74, 6) is 0. The monoisotopic (exact) mass is 932 g/mol. The Morgan fingerprint density at radius 1 is 0.384 bits per heavy atom. The van der Waals surface area contributed by atoms with Gasteiger partial charge in [-0.2, -0.15) is 0 Å². The molecule has 0 saturated heterocycles. The second-order valence-corrected chi connectivity index (χ2v) is 20.3. The number of nitrogens with zero attached hydrogens (tertiary/aromatic N) is 2. The summed E-state index contributed by atoms with van der Waals surface area (Å²) in [7, 11) is 0. The fourth-order valence-corrected chi connectivity index (χ4v) is 13.1. The van der Waals surface area contributed by atoms with Gasteiger partial charge in [-0.3, -0.25) is 0 Å². The van der Waals surface area contributed by atoms with E-state index in [9.17, 15) is 0 Å². The number of benzene rings is 11. The summed E-state index contributed by atoms with van der Waals surface area (Å²) in [5.41, 5.74) is 25.3. The van der Waals surface area contributed by atoms with Crippen LogP contribution in [0.5, 0.6) is 0 Å². The van der Waals surface area contributed by atoms with Gasteiger partial charge in [-0.25, -0.2) is 0 Å². The first-order chi connectivity index (χ1) is 36.0. The highest BCUT2D eigenvalue weighted by Crippen LogP contribution is 2.66. The van der Waals surface area contributed by atoms with Crippen molar-refractivity contribution in [2.24, 2.45) is 0 Å². The van der Waals surface area contributed by atoms with E-state index in [1.54, 1.807) is 0 Å². The lowest BCUT2D eigenvalue weighted by atomic mass is 9.64. The minimum absolute atomic E-state index is 0.166. The van der Waals surface area contributed by atoms with Crippen LogP contribution in [0.25, 0.3) is 66.4 Å². The van der Waals surface area contributed by atoms with Gasteiger partial charge in [0, 0.05) is 38.8 Å². The van der Waals surface area contributed by atoms with Crippen LogP contribution >= 0.6 is 0 Å². The van der Waals surface area contributed by atoms with Crippen molar-refractivity contribution in [2.45, 2.75) is 24.7 Å². The van der Waals surface area contributed by atoms with E-state index < -0.39 is 5.41 Å². The minimum Gasteiger partial charge on any atom is -0.454 e. The summed E-state index contributed by atoms with van der Waals surface area (Å²) in [5, 5.41) is 2.21. The third kappa shape index (κ3) is 5.88. The fraction of sp³-hybridized carbons (Fsp3) is 0.0571. The average Bonchev–Trinajstić information content (AvgIpc) is 4.07. The highest BCUT2D eigenvalue weighted by molar-refractivity contribution is 6.10. The average molecular weight is 933 g/mol. The van der Waals surface area contributed by atoms with Gasteiger partial charge < -0.3 is 14.2 Å². The van der Waals surface area contributed by atoms with E-state index in [0.717, 1.165) is 50.3 Å². The highest BCUT2D eigenvalue weighted by Gasteiger charge is 2.53. The topological polar surface area (TPSA) is 19.6 Å². The van der Waals surface area contributed by atoms with Crippen LogP contribution in [0.3, 0.4) is 0 Å². The molecular formula is C70H48N2O. The van der Waals surface area contributed by atoms with E-state index in [1.807, 2.05) is 0 Å². The molecule has 2 heterocycles. The lowest BCUT2D eigenvalue weighted by Gasteiger charge is -2.44. The van der Waals surface area contributed by atoms with Crippen LogP contribution in [-0.2, 0) is 10.8 Å². The van der Waals surface area contributed by atoms with Crippen molar-refractivity contribution in [3.05, 3.63) is 288 Å². The Hall–Kier alpha value is -9.18. The third-order valence-corrected chi connectivity index (χ3v) is 16.3. The Labute approximate surface area is 425 Å². The number of rotatable bonds is 7. The van der Waals surface area contributed by atoms with Gasteiger partial charge in [0.05, 0.1) is 22.5 Å². The molecule has 3 nitrogen and oxygen atoms in total. The third-order valence-electron chi connectivity index (χ3n) is 16.3. The highest BCUT2D eigenvalue weighted by atomic mass is 16.3. The molecule has 0 N–H and O–H groups in total. The maximum atomic E-state index is 6.81. The molecular weight excluding hydrogens is 885 g/mol. The van der Waals surface area contributed by atoms with Crippen LogP contribution in [0.2, 0.25) is 0 Å². The van der Waals surface area contributed by atoms with E-state index in [-0.39, 0.29) is 5.41 Å². The van der Waals surface area contributed by atoms with Crippen molar-refractivity contribution in [3.8, 4) is 44.5 Å². The molecule has 0 spiro atoms. The predicted molar refractivity (Wildman–Crippen MR) is 302 cm³/mol. The minimum atomic E-state index is -0.586. The predicted octanol–water partition coefficient (Wildman–Crippen LogP) is 18.8. The smallest absolute Gasteiger partial charge is 0.159 e. The van der Waals surface area contributed by atoms with Gasteiger partial charge in [-0.05, 0) is 145 Å². The molecule has 344 valence electrons. The van der Waals surface area contributed by atoms with E-state index in [2.05, 4.69) is 278 Å². The molecule has 3 heteroatoms. The molecule has 15 rings (SSSR count). The standard InChI is InChI=1S/C70H48N2O/c1-69(2)59-30-14-12-26-51(59)52-41-40-50(42-61(52)69)71(65-34-19-29-55-53-27-13-17-35-66(53)73-68(55)65)49-38-36-46(37-39-49)57-44-62-58(43-56(57)45-20-6-3-7-21-45)54-28-18-33-64-67(54)70(62,47-22-8-4-9-23-47)60-31-15-16-32-63(60)72(64)48-24-10-5-11-25-48/h3-44H,1-2H3. The summed E-state index contributed by atoms with van der Waals surface area (Å²) in [4.78, 5) is 4.87. The van der Waals surface area contributed by atoms with Crippen molar-refractivity contribution >= 4 is 56.1 Å². The SMILES string of the molecule is CC1(C)c2ccccc2-c2ccc(N(c3ccc(-c4cc5c(cc4-c4ccccc4)-c4cccc6c4C5(c4ccccc4)c4ccccc4N6c4ccccc4)cc3)c3cccc4c3oc3ccccc34)cc21. The Balaban J connectivity index is 0.955. The van der Waals surface area contributed by atoms with E-state index in [1.165, 1.54) is 83.7 Å². The van der Waals surface area contributed by atoms with E-state index in [0.29, 0.717) is 0 Å². The fourth-order valence-electron chi connectivity index (χ4n) is 13.1. The maximum absolute atomic E-state index is 6.81. The van der Waals surface area contributed by atoms with Crippen molar-refractivity contribution < 1.29 is 4.42 Å². The Kier molecular flexibility index (Phi) is 8.92. The van der Waals surface area contributed by atoms with Crippen LogP contribution in [0.4, 0.5) is 34.1 Å². The lowest BCUT2D eigenvalue weighted by molar-refractivity contribution is 0.660. The largest absolute Gasteiger partial charge is 0.454 e. The molecule has 0 amide bonds. The quantitative estimate of drug-likeness (QED) is 0.159. The summed E-state index contributed by atoms with van der Waals surface area (Å²) in [6.45, 7) is 4.71.